The van der Waals surface area contributed by atoms with Gasteiger partial charge in [-0.3, -0.25) is 9.69 Å². The Morgan fingerprint density at radius 2 is 1.92 bits per heavy atom. The molecule has 1 aromatic heterocycles. The van der Waals surface area contributed by atoms with Crippen molar-refractivity contribution in [3.8, 4) is 0 Å². The lowest BCUT2D eigenvalue weighted by Gasteiger charge is -2.37. The van der Waals surface area contributed by atoms with Gasteiger partial charge in [-0.15, -0.1) is 0 Å². The fourth-order valence-electron chi connectivity index (χ4n) is 3.62. The third-order valence-corrected chi connectivity index (χ3v) is 5.30. The van der Waals surface area contributed by atoms with Crippen LogP contribution in [-0.4, -0.2) is 77.5 Å². The maximum atomic E-state index is 12.7. The van der Waals surface area contributed by atoms with E-state index in [2.05, 4.69) is 32.1 Å². The molecule has 130 valence electrons. The van der Waals surface area contributed by atoms with E-state index in [4.69, 9.17) is 0 Å². The summed E-state index contributed by atoms with van der Waals surface area (Å²) in [6.45, 7) is 4.26. The SMILES string of the molecule is CN1CCCC1C(=O)N1CCN(c2cc(NC3CC3)ncn2)CC1. The van der Waals surface area contributed by atoms with Gasteiger partial charge in [0.05, 0.1) is 6.04 Å². The predicted octanol–water partition coefficient (Wildman–Crippen LogP) is 0.794. The number of nitrogens with zero attached hydrogens (tertiary/aromatic N) is 5. The summed E-state index contributed by atoms with van der Waals surface area (Å²) in [5, 5.41) is 3.42. The molecule has 3 heterocycles. The fourth-order valence-corrected chi connectivity index (χ4v) is 3.62. The number of likely N-dealkylation sites (tertiary alicyclic amines) is 1. The van der Waals surface area contributed by atoms with E-state index >= 15 is 0 Å². The normalized spacial score (nSPS) is 25.1. The van der Waals surface area contributed by atoms with Gasteiger partial charge >= 0.3 is 0 Å². The number of carbonyl (C=O) groups is 1. The van der Waals surface area contributed by atoms with E-state index in [1.807, 2.05) is 11.0 Å². The molecule has 24 heavy (non-hydrogen) atoms. The molecule has 1 aliphatic carbocycles. The number of nitrogens with one attached hydrogen (secondary N) is 1. The Hall–Kier alpha value is -1.89. The Morgan fingerprint density at radius 3 is 2.58 bits per heavy atom. The summed E-state index contributed by atoms with van der Waals surface area (Å²) in [7, 11) is 2.06. The smallest absolute Gasteiger partial charge is 0.240 e. The van der Waals surface area contributed by atoms with E-state index in [1.165, 1.54) is 12.8 Å². The van der Waals surface area contributed by atoms with Crippen molar-refractivity contribution < 1.29 is 4.79 Å². The zero-order valence-electron chi connectivity index (χ0n) is 14.3. The molecule has 0 bridgehead atoms. The first kappa shape index (κ1) is 15.6. The topological polar surface area (TPSA) is 64.6 Å². The molecule has 2 aliphatic heterocycles. The summed E-state index contributed by atoms with van der Waals surface area (Å²) >= 11 is 0. The lowest BCUT2D eigenvalue weighted by Crippen LogP contribution is -2.53. The number of hydrogen-bond donors (Lipinski definition) is 1. The molecule has 0 aromatic carbocycles. The van der Waals surface area contributed by atoms with Crippen LogP contribution in [0.4, 0.5) is 11.6 Å². The molecule has 3 aliphatic rings. The summed E-state index contributed by atoms with van der Waals surface area (Å²) in [5.74, 6) is 2.17. The van der Waals surface area contributed by atoms with Crippen LogP contribution in [-0.2, 0) is 4.79 Å². The molecule has 3 fully saturated rings. The fraction of sp³-hybridized carbons (Fsp3) is 0.706. The quantitative estimate of drug-likeness (QED) is 0.881. The summed E-state index contributed by atoms with van der Waals surface area (Å²) in [6, 6.07) is 2.70. The zero-order valence-corrected chi connectivity index (χ0v) is 14.3. The average molecular weight is 330 g/mol. The van der Waals surface area contributed by atoms with Crippen molar-refractivity contribution in [3.05, 3.63) is 12.4 Å². The lowest BCUT2D eigenvalue weighted by molar-refractivity contribution is -0.135. The van der Waals surface area contributed by atoms with Gasteiger partial charge < -0.3 is 15.1 Å². The summed E-state index contributed by atoms with van der Waals surface area (Å²) < 4.78 is 0. The van der Waals surface area contributed by atoms with E-state index in [0.717, 1.165) is 57.2 Å². The minimum absolute atomic E-state index is 0.0879. The van der Waals surface area contributed by atoms with E-state index in [0.29, 0.717) is 11.9 Å². The summed E-state index contributed by atoms with van der Waals surface area (Å²) in [5.41, 5.74) is 0. The molecule has 1 saturated carbocycles. The van der Waals surface area contributed by atoms with Gasteiger partial charge in [0.1, 0.15) is 18.0 Å². The van der Waals surface area contributed by atoms with Crippen LogP contribution in [0.1, 0.15) is 25.7 Å². The van der Waals surface area contributed by atoms with Crippen LogP contribution in [0.2, 0.25) is 0 Å². The van der Waals surface area contributed by atoms with Crippen molar-refractivity contribution in [3.63, 3.8) is 0 Å². The van der Waals surface area contributed by atoms with Gasteiger partial charge in [-0.2, -0.15) is 0 Å². The Bertz CT molecular complexity index is 596. The van der Waals surface area contributed by atoms with Gasteiger partial charge in [0, 0.05) is 38.3 Å². The second-order valence-corrected chi connectivity index (χ2v) is 7.13. The highest BCUT2D eigenvalue weighted by Gasteiger charge is 2.33. The van der Waals surface area contributed by atoms with Gasteiger partial charge in [0.25, 0.3) is 0 Å². The van der Waals surface area contributed by atoms with Crippen molar-refractivity contribution in [1.82, 2.24) is 19.8 Å². The molecule has 1 unspecified atom stereocenters. The third-order valence-electron chi connectivity index (χ3n) is 5.30. The monoisotopic (exact) mass is 330 g/mol. The number of hydrogen-bond acceptors (Lipinski definition) is 6. The molecule has 1 atom stereocenters. The minimum Gasteiger partial charge on any atom is -0.367 e. The van der Waals surface area contributed by atoms with Gasteiger partial charge in [-0.25, -0.2) is 9.97 Å². The average Bonchev–Trinajstić information content (AvgIpc) is 3.32. The molecule has 7 nitrogen and oxygen atoms in total. The molecular formula is C17H26N6O. The second kappa shape index (κ2) is 6.55. The van der Waals surface area contributed by atoms with E-state index in [1.54, 1.807) is 6.33 Å². The first-order chi connectivity index (χ1) is 11.7. The predicted molar refractivity (Wildman–Crippen MR) is 93.1 cm³/mol. The molecule has 2 saturated heterocycles. The largest absolute Gasteiger partial charge is 0.367 e. The van der Waals surface area contributed by atoms with Crippen molar-refractivity contribution in [2.24, 2.45) is 0 Å². The third kappa shape index (κ3) is 3.31. The number of rotatable bonds is 4. The molecule has 1 N–H and O–H groups in total. The zero-order chi connectivity index (χ0) is 16.5. The van der Waals surface area contributed by atoms with E-state index < -0.39 is 0 Å². The van der Waals surface area contributed by atoms with Crippen LogP contribution < -0.4 is 10.2 Å². The van der Waals surface area contributed by atoms with Gasteiger partial charge in [0.2, 0.25) is 5.91 Å². The van der Waals surface area contributed by atoms with Crippen molar-refractivity contribution in [1.29, 1.82) is 0 Å². The number of aromatic nitrogens is 2. The van der Waals surface area contributed by atoms with Gasteiger partial charge in [0.15, 0.2) is 0 Å². The highest BCUT2D eigenvalue weighted by Crippen LogP contribution is 2.25. The summed E-state index contributed by atoms with van der Waals surface area (Å²) in [4.78, 5) is 27.8. The Balaban J connectivity index is 1.34. The Morgan fingerprint density at radius 1 is 1.12 bits per heavy atom. The molecule has 4 rings (SSSR count). The first-order valence-corrected chi connectivity index (χ1v) is 9.03. The van der Waals surface area contributed by atoms with Gasteiger partial charge in [-0.05, 0) is 39.3 Å². The lowest BCUT2D eigenvalue weighted by atomic mass is 10.1. The van der Waals surface area contributed by atoms with Crippen molar-refractivity contribution >= 4 is 17.5 Å². The highest BCUT2D eigenvalue weighted by atomic mass is 16.2. The Kier molecular flexibility index (Phi) is 4.26. The number of carbonyl (C=O) groups excluding carboxylic acids is 1. The molecule has 7 heteroatoms. The van der Waals surface area contributed by atoms with E-state index in [9.17, 15) is 4.79 Å². The van der Waals surface area contributed by atoms with Crippen LogP contribution in [0.15, 0.2) is 12.4 Å². The molecule has 1 amide bonds. The van der Waals surface area contributed by atoms with Gasteiger partial charge in [-0.1, -0.05) is 0 Å². The summed E-state index contributed by atoms with van der Waals surface area (Å²) in [6.07, 6.45) is 6.22. The van der Waals surface area contributed by atoms with E-state index in [-0.39, 0.29) is 6.04 Å². The van der Waals surface area contributed by atoms with Crippen molar-refractivity contribution in [2.75, 3.05) is 50.0 Å². The molecule has 0 radical (unpaired) electrons. The number of likely N-dealkylation sites (N-methyl/N-ethyl adjacent to an activating group) is 1. The second-order valence-electron chi connectivity index (χ2n) is 7.13. The maximum Gasteiger partial charge on any atom is 0.240 e. The van der Waals surface area contributed by atoms with Crippen LogP contribution in [0.25, 0.3) is 0 Å². The van der Waals surface area contributed by atoms with Crippen LogP contribution in [0, 0.1) is 0 Å². The number of amides is 1. The Labute approximate surface area is 143 Å². The molecule has 1 aromatic rings. The standard InChI is InChI=1S/C17H26N6O/c1-21-6-2-3-14(21)17(24)23-9-7-22(8-10-23)16-11-15(18-12-19-16)20-13-4-5-13/h11-14H,2-10H2,1H3,(H,18,19,20). The minimum atomic E-state index is 0.0879. The van der Waals surface area contributed by atoms with Crippen LogP contribution >= 0.6 is 0 Å². The first-order valence-electron chi connectivity index (χ1n) is 9.03. The van der Waals surface area contributed by atoms with Crippen LogP contribution in [0.3, 0.4) is 0 Å². The van der Waals surface area contributed by atoms with Crippen molar-refractivity contribution in [2.45, 2.75) is 37.8 Å². The molecule has 0 spiro atoms. The maximum absolute atomic E-state index is 12.7. The number of anilines is 2. The number of piperazine rings is 1. The molecular weight excluding hydrogens is 304 g/mol. The van der Waals surface area contributed by atoms with Crippen LogP contribution in [0.5, 0.6) is 0 Å². The highest BCUT2D eigenvalue weighted by molar-refractivity contribution is 5.82.